The van der Waals surface area contributed by atoms with E-state index in [1.807, 2.05) is 20.8 Å². The van der Waals surface area contributed by atoms with Crippen molar-refractivity contribution in [3.63, 3.8) is 0 Å². The van der Waals surface area contributed by atoms with Crippen LogP contribution < -0.4 is 15.0 Å². The summed E-state index contributed by atoms with van der Waals surface area (Å²) in [5.41, 5.74) is 0.314. The van der Waals surface area contributed by atoms with Crippen molar-refractivity contribution in [1.82, 2.24) is 30.3 Å². The standard InChI is InChI=1S/C32H50FN7O4/c1-7-40(23(4)5)31(42)26-15-24(33)10-11-28(26)44-30-29(35-21-36-37-30)38-14-12-32(18-38)19-39(20-32)27(22(2)3)9-8-13-34-25(16-41)17-43-6/h10-11,15,21-23,25,27,34,41H,7-9,12-14,16-20H2,1-6H3/t25-,27-/m1/s1. The predicted molar refractivity (Wildman–Crippen MR) is 168 cm³/mol. The highest BCUT2D eigenvalue weighted by molar-refractivity contribution is 5.97. The maximum Gasteiger partial charge on any atom is 0.282 e. The van der Waals surface area contributed by atoms with Crippen molar-refractivity contribution in [2.24, 2.45) is 11.3 Å². The molecular weight excluding hydrogens is 565 g/mol. The maximum atomic E-state index is 14.3. The average molecular weight is 616 g/mol. The SMILES string of the molecule is CCN(C(=O)c1cc(F)ccc1Oc1nncnc1N1CCC2(C1)CN([C@H](CCCN[C@H](CO)COC)C(C)C)C2)C(C)C. The molecule has 0 unspecified atom stereocenters. The molecule has 2 atom stereocenters. The van der Waals surface area contributed by atoms with Crippen LogP contribution in [0.1, 0.15) is 64.2 Å². The van der Waals surface area contributed by atoms with Gasteiger partial charge in [0.15, 0.2) is 5.82 Å². The number of nitrogens with zero attached hydrogens (tertiary/aromatic N) is 6. The molecule has 2 fully saturated rings. The zero-order chi connectivity index (χ0) is 31.9. The Morgan fingerprint density at radius 3 is 2.66 bits per heavy atom. The third-order valence-electron chi connectivity index (χ3n) is 8.93. The Labute approximate surface area is 261 Å². The van der Waals surface area contributed by atoms with E-state index in [2.05, 4.69) is 44.1 Å². The lowest BCUT2D eigenvalue weighted by Crippen LogP contribution is -2.62. The molecule has 0 bridgehead atoms. The van der Waals surface area contributed by atoms with E-state index in [9.17, 15) is 14.3 Å². The van der Waals surface area contributed by atoms with Crippen LogP contribution in [0.4, 0.5) is 10.2 Å². The molecule has 0 radical (unpaired) electrons. The number of methoxy groups -OCH3 is 1. The van der Waals surface area contributed by atoms with Gasteiger partial charge in [0.2, 0.25) is 0 Å². The molecule has 4 rings (SSSR count). The highest BCUT2D eigenvalue weighted by atomic mass is 19.1. The quantitative estimate of drug-likeness (QED) is 0.272. The Morgan fingerprint density at radius 1 is 1.23 bits per heavy atom. The number of amides is 1. The van der Waals surface area contributed by atoms with Gasteiger partial charge in [0.1, 0.15) is 17.9 Å². The second-order valence-electron chi connectivity index (χ2n) is 12.8. The summed E-state index contributed by atoms with van der Waals surface area (Å²) < 4.78 is 25.6. The van der Waals surface area contributed by atoms with E-state index in [-0.39, 0.29) is 47.2 Å². The number of likely N-dealkylation sites (tertiary alicyclic amines) is 1. The van der Waals surface area contributed by atoms with E-state index >= 15 is 0 Å². The van der Waals surface area contributed by atoms with Crippen molar-refractivity contribution in [3.05, 3.63) is 35.9 Å². The molecule has 2 aliphatic heterocycles. The first-order valence-corrected chi connectivity index (χ1v) is 15.9. The van der Waals surface area contributed by atoms with Crippen LogP contribution in [0.2, 0.25) is 0 Å². The molecule has 44 heavy (non-hydrogen) atoms. The minimum atomic E-state index is -0.509. The Morgan fingerprint density at radius 2 is 2.00 bits per heavy atom. The van der Waals surface area contributed by atoms with Crippen molar-refractivity contribution in [2.75, 3.05) is 64.5 Å². The van der Waals surface area contributed by atoms with Crippen molar-refractivity contribution in [1.29, 1.82) is 0 Å². The molecule has 1 aromatic carbocycles. The molecule has 3 heterocycles. The molecule has 1 aromatic heterocycles. The number of benzene rings is 1. The summed E-state index contributed by atoms with van der Waals surface area (Å²) in [4.78, 5) is 24.3. The summed E-state index contributed by atoms with van der Waals surface area (Å²) in [5.74, 6) is 0.737. The number of hydrogen-bond donors (Lipinski definition) is 2. The molecule has 1 spiro atoms. The van der Waals surface area contributed by atoms with Crippen molar-refractivity contribution < 1.29 is 23.8 Å². The van der Waals surface area contributed by atoms with Crippen molar-refractivity contribution >= 4 is 11.7 Å². The second-order valence-corrected chi connectivity index (χ2v) is 12.8. The van der Waals surface area contributed by atoms with Gasteiger partial charge in [-0.3, -0.25) is 9.69 Å². The third-order valence-corrected chi connectivity index (χ3v) is 8.93. The van der Waals surface area contributed by atoms with Gasteiger partial charge < -0.3 is 29.7 Å². The monoisotopic (exact) mass is 615 g/mol. The van der Waals surface area contributed by atoms with Crippen LogP contribution in [-0.4, -0.2) is 114 Å². The lowest BCUT2D eigenvalue weighted by atomic mass is 9.76. The fraction of sp³-hybridized carbons (Fsp3) is 0.688. The highest BCUT2D eigenvalue weighted by Crippen LogP contribution is 2.44. The van der Waals surface area contributed by atoms with E-state index in [4.69, 9.17) is 9.47 Å². The zero-order valence-electron chi connectivity index (χ0n) is 27.1. The van der Waals surface area contributed by atoms with Crippen molar-refractivity contribution in [2.45, 2.75) is 72.0 Å². The van der Waals surface area contributed by atoms with Crippen LogP contribution in [0.5, 0.6) is 11.6 Å². The topological polar surface area (TPSA) is 116 Å². The van der Waals surface area contributed by atoms with Crippen LogP contribution in [-0.2, 0) is 4.74 Å². The molecule has 2 N–H and O–H groups in total. The van der Waals surface area contributed by atoms with Crippen LogP contribution in [0.15, 0.2) is 24.5 Å². The number of carbonyl (C=O) groups excluding carboxylic acids is 1. The van der Waals surface area contributed by atoms with Crippen LogP contribution in [0.25, 0.3) is 0 Å². The number of aliphatic hydroxyl groups excluding tert-OH is 1. The Hall–Kier alpha value is -2.93. The van der Waals surface area contributed by atoms with Crippen LogP contribution in [0.3, 0.4) is 0 Å². The van der Waals surface area contributed by atoms with E-state index < -0.39 is 5.82 Å². The smallest absolute Gasteiger partial charge is 0.282 e. The second kappa shape index (κ2) is 15.4. The summed E-state index contributed by atoms with van der Waals surface area (Å²) in [5, 5.41) is 21.1. The van der Waals surface area contributed by atoms with Gasteiger partial charge in [0, 0.05) is 57.3 Å². The maximum absolute atomic E-state index is 14.3. The molecule has 2 aromatic rings. The fourth-order valence-corrected chi connectivity index (χ4v) is 6.66. The number of ether oxygens (including phenoxy) is 2. The third kappa shape index (κ3) is 8.01. The van der Waals surface area contributed by atoms with Gasteiger partial charge in [0.25, 0.3) is 11.8 Å². The van der Waals surface area contributed by atoms with Crippen LogP contribution in [0, 0.1) is 17.2 Å². The van der Waals surface area contributed by atoms with Gasteiger partial charge in [-0.2, -0.15) is 0 Å². The number of carbonyl (C=O) groups is 1. The van der Waals surface area contributed by atoms with Crippen molar-refractivity contribution in [3.8, 4) is 11.6 Å². The van der Waals surface area contributed by atoms with Gasteiger partial charge in [-0.25, -0.2) is 9.37 Å². The first kappa shape index (κ1) is 34.0. The lowest BCUT2D eigenvalue weighted by molar-refractivity contribution is -0.0340. The number of hydrogen-bond acceptors (Lipinski definition) is 10. The Bertz CT molecular complexity index is 1230. The summed E-state index contributed by atoms with van der Waals surface area (Å²) in [7, 11) is 1.65. The number of nitrogens with one attached hydrogen (secondary N) is 1. The molecule has 0 saturated carbocycles. The Balaban J connectivity index is 1.40. The number of anilines is 1. The summed E-state index contributed by atoms with van der Waals surface area (Å²) in [6, 6.07) is 4.38. The summed E-state index contributed by atoms with van der Waals surface area (Å²) in [6.07, 6.45) is 4.57. The molecular formula is C32H50FN7O4. The summed E-state index contributed by atoms with van der Waals surface area (Å²) in [6.45, 7) is 15.9. The minimum Gasteiger partial charge on any atom is -0.434 e. The average Bonchev–Trinajstić information content (AvgIpc) is 3.43. The minimum absolute atomic E-state index is 0.0272. The first-order chi connectivity index (χ1) is 21.1. The highest BCUT2D eigenvalue weighted by Gasteiger charge is 2.50. The number of halogens is 1. The molecule has 2 saturated heterocycles. The molecule has 12 heteroatoms. The summed E-state index contributed by atoms with van der Waals surface area (Å²) >= 11 is 0. The number of aliphatic hydroxyl groups is 1. The van der Waals surface area contributed by atoms with E-state index in [1.54, 1.807) is 12.0 Å². The van der Waals surface area contributed by atoms with E-state index in [1.165, 1.54) is 24.5 Å². The normalized spacial score (nSPS) is 17.7. The number of rotatable bonds is 16. The lowest BCUT2D eigenvalue weighted by Gasteiger charge is -2.53. The molecule has 0 aliphatic carbocycles. The van der Waals surface area contributed by atoms with Gasteiger partial charge >= 0.3 is 0 Å². The van der Waals surface area contributed by atoms with Gasteiger partial charge in [-0.1, -0.05) is 13.8 Å². The molecule has 2 aliphatic rings. The first-order valence-electron chi connectivity index (χ1n) is 15.9. The van der Waals surface area contributed by atoms with Gasteiger partial charge in [-0.05, 0) is 70.7 Å². The fourth-order valence-electron chi connectivity index (χ4n) is 6.66. The van der Waals surface area contributed by atoms with Gasteiger partial charge in [-0.15, -0.1) is 10.2 Å². The zero-order valence-corrected chi connectivity index (χ0v) is 27.1. The molecule has 1 amide bonds. The Kier molecular flexibility index (Phi) is 11.9. The van der Waals surface area contributed by atoms with E-state index in [0.717, 1.165) is 52.0 Å². The number of aromatic nitrogens is 3. The molecule has 11 nitrogen and oxygen atoms in total. The van der Waals surface area contributed by atoms with Gasteiger partial charge in [0.05, 0.1) is 24.8 Å². The largest absolute Gasteiger partial charge is 0.434 e. The van der Waals surface area contributed by atoms with Crippen LogP contribution >= 0.6 is 0 Å². The molecule has 244 valence electrons. The predicted octanol–water partition coefficient (Wildman–Crippen LogP) is 3.59. The van der Waals surface area contributed by atoms with E-state index in [0.29, 0.717) is 30.9 Å².